The van der Waals surface area contributed by atoms with Gasteiger partial charge in [-0.05, 0) is 12.8 Å². The maximum Gasteiger partial charge on any atom is 0.330 e. The van der Waals surface area contributed by atoms with Gasteiger partial charge in [-0.2, -0.15) is 0 Å². The van der Waals surface area contributed by atoms with E-state index in [9.17, 15) is 4.57 Å². The molecule has 3 nitrogen and oxygen atoms in total. The Balaban J connectivity index is 2.22. The molecular formula is C8H17O3P. The van der Waals surface area contributed by atoms with Gasteiger partial charge in [-0.15, -0.1) is 0 Å². The van der Waals surface area contributed by atoms with Crippen LogP contribution >= 0.6 is 7.60 Å². The van der Waals surface area contributed by atoms with Crippen molar-refractivity contribution in [2.45, 2.75) is 32.6 Å². The van der Waals surface area contributed by atoms with E-state index in [0.717, 1.165) is 25.7 Å². The summed E-state index contributed by atoms with van der Waals surface area (Å²) in [6, 6.07) is 0. The molecule has 1 heterocycles. The van der Waals surface area contributed by atoms with Crippen LogP contribution in [0.4, 0.5) is 0 Å². The number of hydrogen-bond donors (Lipinski definition) is 0. The quantitative estimate of drug-likeness (QED) is 0.507. The van der Waals surface area contributed by atoms with Crippen molar-refractivity contribution in [3.63, 3.8) is 0 Å². The second-order valence-corrected chi connectivity index (χ2v) is 5.25. The molecule has 0 atom stereocenters. The van der Waals surface area contributed by atoms with Crippen LogP contribution < -0.4 is 0 Å². The molecule has 1 aliphatic heterocycles. The van der Waals surface area contributed by atoms with Crippen LogP contribution in [0.3, 0.4) is 0 Å². The molecule has 1 fully saturated rings. The number of unbranched alkanes of at least 4 members (excludes halogenated alkanes) is 2. The molecule has 0 radical (unpaired) electrons. The van der Waals surface area contributed by atoms with Crippen molar-refractivity contribution in [1.29, 1.82) is 0 Å². The summed E-state index contributed by atoms with van der Waals surface area (Å²) >= 11 is 0. The first-order chi connectivity index (χ1) is 5.77. The lowest BCUT2D eigenvalue weighted by Crippen LogP contribution is -2.10. The Morgan fingerprint density at radius 2 is 1.92 bits per heavy atom. The van der Waals surface area contributed by atoms with Gasteiger partial charge < -0.3 is 9.05 Å². The molecule has 0 N–H and O–H groups in total. The number of hydrogen-bond acceptors (Lipinski definition) is 3. The van der Waals surface area contributed by atoms with E-state index < -0.39 is 7.60 Å². The average Bonchev–Trinajstić information content (AvgIpc) is 2.06. The van der Waals surface area contributed by atoms with E-state index in [1.807, 2.05) is 0 Å². The topological polar surface area (TPSA) is 35.5 Å². The molecule has 0 unspecified atom stereocenters. The van der Waals surface area contributed by atoms with E-state index in [1.165, 1.54) is 0 Å². The predicted molar refractivity (Wildman–Crippen MR) is 48.5 cm³/mol. The minimum absolute atomic E-state index is 0.598. The van der Waals surface area contributed by atoms with Crippen molar-refractivity contribution in [2.24, 2.45) is 0 Å². The maximum absolute atomic E-state index is 11.7. The van der Waals surface area contributed by atoms with E-state index >= 15 is 0 Å². The number of rotatable bonds is 4. The third-order valence-corrected chi connectivity index (χ3v) is 3.92. The minimum Gasteiger partial charge on any atom is -0.308 e. The molecule has 72 valence electrons. The fourth-order valence-electron chi connectivity index (χ4n) is 1.19. The summed E-state index contributed by atoms with van der Waals surface area (Å²) in [5.41, 5.74) is 0. The second-order valence-electron chi connectivity index (χ2n) is 3.06. The molecule has 4 heteroatoms. The van der Waals surface area contributed by atoms with Gasteiger partial charge in [0.15, 0.2) is 0 Å². The third kappa shape index (κ3) is 3.26. The molecule has 0 aromatic carbocycles. The zero-order valence-corrected chi connectivity index (χ0v) is 8.52. The first kappa shape index (κ1) is 10.2. The van der Waals surface area contributed by atoms with Crippen LogP contribution in [-0.2, 0) is 13.6 Å². The van der Waals surface area contributed by atoms with Crippen molar-refractivity contribution < 1.29 is 13.6 Å². The average molecular weight is 192 g/mol. The molecule has 1 rings (SSSR count). The first-order valence-electron chi connectivity index (χ1n) is 4.65. The van der Waals surface area contributed by atoms with E-state index in [1.54, 1.807) is 0 Å². The molecule has 0 amide bonds. The molecule has 0 saturated carbocycles. The summed E-state index contributed by atoms with van der Waals surface area (Å²) in [4.78, 5) is 0. The van der Waals surface area contributed by atoms with Gasteiger partial charge in [0.05, 0.1) is 19.4 Å². The Morgan fingerprint density at radius 3 is 2.50 bits per heavy atom. The normalized spacial score (nSPS) is 22.4. The molecule has 0 aromatic rings. The van der Waals surface area contributed by atoms with Crippen LogP contribution in [0.1, 0.15) is 32.6 Å². The van der Waals surface area contributed by atoms with Crippen LogP contribution in [0.2, 0.25) is 0 Å². The molecule has 0 bridgehead atoms. The lowest BCUT2D eigenvalue weighted by Gasteiger charge is -2.22. The Bertz CT molecular complexity index is 160. The van der Waals surface area contributed by atoms with Crippen molar-refractivity contribution in [2.75, 3.05) is 19.4 Å². The highest BCUT2D eigenvalue weighted by Crippen LogP contribution is 2.51. The van der Waals surface area contributed by atoms with Gasteiger partial charge in [0.25, 0.3) is 0 Å². The molecule has 0 aromatic heterocycles. The van der Waals surface area contributed by atoms with Crippen LogP contribution in [0.25, 0.3) is 0 Å². The monoisotopic (exact) mass is 192 g/mol. The molecular weight excluding hydrogens is 175 g/mol. The highest BCUT2D eigenvalue weighted by atomic mass is 31.2. The summed E-state index contributed by atoms with van der Waals surface area (Å²) in [5, 5.41) is 0. The fraction of sp³-hybridized carbons (Fsp3) is 1.00. The van der Waals surface area contributed by atoms with Gasteiger partial charge in [-0.1, -0.05) is 19.8 Å². The van der Waals surface area contributed by atoms with E-state index in [-0.39, 0.29) is 0 Å². The highest BCUT2D eigenvalue weighted by Gasteiger charge is 2.26. The van der Waals surface area contributed by atoms with Crippen molar-refractivity contribution >= 4 is 7.60 Å². The standard InChI is InChI=1S/C8H17O3P/c1-2-3-4-8-12(9)10-6-5-7-11-12/h2-8H2,1H3. The van der Waals surface area contributed by atoms with E-state index in [4.69, 9.17) is 9.05 Å². The zero-order chi connectivity index (χ0) is 8.86. The van der Waals surface area contributed by atoms with Crippen LogP contribution in [0.15, 0.2) is 0 Å². The Morgan fingerprint density at radius 1 is 1.25 bits per heavy atom. The van der Waals surface area contributed by atoms with Crippen molar-refractivity contribution in [3.05, 3.63) is 0 Å². The van der Waals surface area contributed by atoms with Crippen LogP contribution in [0.5, 0.6) is 0 Å². The third-order valence-electron chi connectivity index (χ3n) is 1.90. The zero-order valence-electron chi connectivity index (χ0n) is 7.62. The Labute approximate surface area is 74.0 Å². The van der Waals surface area contributed by atoms with Gasteiger partial charge in [0.2, 0.25) is 0 Å². The summed E-state index contributed by atoms with van der Waals surface area (Å²) in [6.07, 6.45) is 4.67. The largest absolute Gasteiger partial charge is 0.330 e. The first-order valence-corrected chi connectivity index (χ1v) is 6.38. The molecule has 1 saturated heterocycles. The van der Waals surface area contributed by atoms with Gasteiger partial charge >= 0.3 is 7.60 Å². The summed E-state index contributed by atoms with van der Waals surface area (Å²) in [6.45, 7) is 3.32. The summed E-state index contributed by atoms with van der Waals surface area (Å²) in [5.74, 6) is 0. The lowest BCUT2D eigenvalue weighted by molar-refractivity contribution is 0.146. The SMILES string of the molecule is CCCCCP1(=O)OCCCO1. The Hall–Kier alpha value is 0.150. The van der Waals surface area contributed by atoms with Crippen molar-refractivity contribution in [1.82, 2.24) is 0 Å². The molecule has 0 aliphatic carbocycles. The Kier molecular flexibility index (Phi) is 4.27. The minimum atomic E-state index is -2.64. The second kappa shape index (κ2) is 5.00. The highest BCUT2D eigenvalue weighted by molar-refractivity contribution is 7.53. The molecule has 12 heavy (non-hydrogen) atoms. The molecule has 1 aliphatic rings. The van der Waals surface area contributed by atoms with Gasteiger partial charge in [-0.3, -0.25) is 4.57 Å². The van der Waals surface area contributed by atoms with Crippen LogP contribution in [0, 0.1) is 0 Å². The predicted octanol–water partition coefficient (Wildman–Crippen LogP) is 2.81. The lowest BCUT2D eigenvalue weighted by atomic mass is 10.3. The van der Waals surface area contributed by atoms with Gasteiger partial charge in [-0.25, -0.2) is 0 Å². The maximum atomic E-state index is 11.7. The van der Waals surface area contributed by atoms with Gasteiger partial charge in [0, 0.05) is 0 Å². The van der Waals surface area contributed by atoms with E-state index in [0.29, 0.717) is 19.4 Å². The fourth-order valence-corrected chi connectivity index (χ4v) is 2.95. The molecule has 0 spiro atoms. The van der Waals surface area contributed by atoms with Crippen LogP contribution in [-0.4, -0.2) is 19.4 Å². The van der Waals surface area contributed by atoms with Gasteiger partial charge in [0.1, 0.15) is 0 Å². The smallest absolute Gasteiger partial charge is 0.308 e. The van der Waals surface area contributed by atoms with E-state index in [2.05, 4.69) is 6.92 Å². The van der Waals surface area contributed by atoms with Crippen molar-refractivity contribution in [3.8, 4) is 0 Å². The summed E-state index contributed by atoms with van der Waals surface area (Å²) < 4.78 is 22.0. The summed E-state index contributed by atoms with van der Waals surface area (Å²) in [7, 11) is -2.64.